The van der Waals surface area contributed by atoms with Crippen molar-refractivity contribution in [3.8, 4) is 0 Å². The quantitative estimate of drug-likeness (QED) is 0.471. The van der Waals surface area contributed by atoms with Crippen molar-refractivity contribution >= 4 is 11.0 Å². The Morgan fingerprint density at radius 2 is 1.80 bits per heavy atom. The normalized spacial score (nSPS) is 12.4. The van der Waals surface area contributed by atoms with Gasteiger partial charge in [-0.3, -0.25) is 4.98 Å². The minimum absolute atomic E-state index is 0.770. The summed E-state index contributed by atoms with van der Waals surface area (Å²) in [5.74, 6) is 0.994. The summed E-state index contributed by atoms with van der Waals surface area (Å²) in [5, 5.41) is 3.35. The average molecular weight is 410 g/mol. The monoisotopic (exact) mass is 409 g/mol. The predicted molar refractivity (Wildman–Crippen MR) is 128 cm³/mol. The molecule has 0 radical (unpaired) electrons. The molecule has 5 heteroatoms. The highest BCUT2D eigenvalue weighted by atomic mass is 15.0. The van der Waals surface area contributed by atoms with Gasteiger partial charge in [-0.05, 0) is 75.4 Å². The zero-order valence-corrected chi connectivity index (χ0v) is 18.8. The number of hydrogen-bond donors (Lipinski definition) is 3. The van der Waals surface area contributed by atoms with Gasteiger partial charge in [0.25, 0.3) is 0 Å². The number of nitrogens with one attached hydrogen (secondary N) is 2. The highest BCUT2D eigenvalue weighted by molar-refractivity contribution is 5.74. The first-order valence-corrected chi connectivity index (χ1v) is 11.6. The number of benzene rings is 1. The lowest BCUT2D eigenvalue weighted by molar-refractivity contribution is 0.615. The number of aromatic amines is 1. The molecular weight excluding hydrogens is 370 g/mol. The zero-order valence-electron chi connectivity index (χ0n) is 18.8. The highest BCUT2D eigenvalue weighted by Crippen LogP contribution is 2.17. The summed E-state index contributed by atoms with van der Waals surface area (Å²) in [4.78, 5) is 12.1. The zero-order chi connectivity index (χ0) is 21.4. The predicted octanol–water partition coefficient (Wildman–Crippen LogP) is 5.16. The number of rotatable bonds is 7. The van der Waals surface area contributed by atoms with E-state index < -0.39 is 0 Å². The fourth-order valence-electron chi connectivity index (χ4n) is 3.22. The third-order valence-corrected chi connectivity index (χ3v) is 5.13. The molecule has 30 heavy (non-hydrogen) atoms. The van der Waals surface area contributed by atoms with Crippen molar-refractivity contribution in [3.63, 3.8) is 0 Å². The molecule has 4 rings (SSSR count). The van der Waals surface area contributed by atoms with Crippen LogP contribution in [0.25, 0.3) is 11.0 Å². The van der Waals surface area contributed by atoms with E-state index in [4.69, 9.17) is 5.73 Å². The Balaban J connectivity index is 0.000000194. The maximum absolute atomic E-state index is 5.43. The molecule has 0 spiro atoms. The highest BCUT2D eigenvalue weighted by Gasteiger charge is 2.07. The van der Waals surface area contributed by atoms with Gasteiger partial charge in [0.15, 0.2) is 0 Å². The Morgan fingerprint density at radius 1 is 1.00 bits per heavy atom. The number of H-pyrrole nitrogens is 1. The third-order valence-electron chi connectivity index (χ3n) is 5.13. The molecule has 164 valence electrons. The van der Waals surface area contributed by atoms with Gasteiger partial charge < -0.3 is 16.0 Å². The summed E-state index contributed by atoms with van der Waals surface area (Å²) in [6, 6.07) is 12.3. The van der Waals surface area contributed by atoms with Gasteiger partial charge >= 0.3 is 0 Å². The molecule has 0 atom stereocenters. The Kier molecular flexibility index (Phi) is 11.8. The lowest BCUT2D eigenvalue weighted by atomic mass is 9.96. The second-order valence-corrected chi connectivity index (χ2v) is 7.69. The minimum atomic E-state index is 0.770. The van der Waals surface area contributed by atoms with Crippen LogP contribution in [0.4, 0.5) is 0 Å². The van der Waals surface area contributed by atoms with E-state index in [1.165, 1.54) is 49.8 Å². The first kappa shape index (κ1) is 24.0. The van der Waals surface area contributed by atoms with Gasteiger partial charge in [-0.2, -0.15) is 0 Å². The topological polar surface area (TPSA) is 79.6 Å². The van der Waals surface area contributed by atoms with Crippen molar-refractivity contribution < 1.29 is 0 Å². The molecule has 5 nitrogen and oxygen atoms in total. The molecule has 0 aliphatic heterocycles. The molecule has 0 bridgehead atoms. The lowest BCUT2D eigenvalue weighted by Gasteiger charge is -2.12. The summed E-state index contributed by atoms with van der Waals surface area (Å²) >= 11 is 0. The number of imidazole rings is 1. The molecule has 0 saturated carbocycles. The van der Waals surface area contributed by atoms with Gasteiger partial charge in [-0.25, -0.2) is 4.98 Å². The Bertz CT molecular complexity index is 767. The van der Waals surface area contributed by atoms with Gasteiger partial charge in [0, 0.05) is 11.9 Å². The fraction of sp³-hybridized carbons (Fsp3) is 0.520. The molecule has 1 aliphatic carbocycles. The van der Waals surface area contributed by atoms with Crippen LogP contribution >= 0.6 is 0 Å². The van der Waals surface area contributed by atoms with E-state index in [-0.39, 0.29) is 0 Å². The number of pyridine rings is 1. The van der Waals surface area contributed by atoms with E-state index >= 15 is 0 Å². The SMILES string of the molecule is CCCC.NCCCCNCc1nc2ccccc2[nH]1.c1cnc2c(c1)CCCC2. The van der Waals surface area contributed by atoms with Crippen LogP contribution in [0.15, 0.2) is 42.6 Å². The van der Waals surface area contributed by atoms with Gasteiger partial charge in [0.2, 0.25) is 0 Å². The smallest absolute Gasteiger partial charge is 0.121 e. The van der Waals surface area contributed by atoms with E-state index in [1.54, 1.807) is 0 Å². The molecule has 0 saturated heterocycles. The van der Waals surface area contributed by atoms with E-state index in [0.717, 1.165) is 49.3 Å². The second kappa shape index (κ2) is 14.7. The number of unbranched alkanes of at least 4 members (excludes halogenated alkanes) is 2. The molecule has 2 heterocycles. The van der Waals surface area contributed by atoms with Crippen molar-refractivity contribution in [2.45, 2.75) is 71.8 Å². The average Bonchev–Trinajstić information content (AvgIpc) is 3.22. The minimum Gasteiger partial charge on any atom is -0.341 e. The molecule has 0 amide bonds. The van der Waals surface area contributed by atoms with Crippen LogP contribution in [0.5, 0.6) is 0 Å². The van der Waals surface area contributed by atoms with Gasteiger partial charge in [0.1, 0.15) is 5.82 Å². The van der Waals surface area contributed by atoms with Gasteiger partial charge in [0.05, 0.1) is 17.6 Å². The number of aromatic nitrogens is 3. The summed E-state index contributed by atoms with van der Waals surface area (Å²) in [7, 11) is 0. The van der Waals surface area contributed by atoms with E-state index in [9.17, 15) is 0 Å². The fourth-order valence-corrected chi connectivity index (χ4v) is 3.22. The van der Waals surface area contributed by atoms with E-state index in [0.29, 0.717) is 0 Å². The summed E-state index contributed by atoms with van der Waals surface area (Å²) in [5.41, 5.74) is 10.3. The van der Waals surface area contributed by atoms with Crippen molar-refractivity contribution in [1.82, 2.24) is 20.3 Å². The van der Waals surface area contributed by atoms with E-state index in [2.05, 4.69) is 40.2 Å². The summed E-state index contributed by atoms with van der Waals surface area (Å²) < 4.78 is 0. The molecule has 4 N–H and O–H groups in total. The van der Waals surface area contributed by atoms with Crippen molar-refractivity contribution in [2.75, 3.05) is 13.1 Å². The standard InChI is InChI=1S/C12H18N4.C9H11N.C4H10/c13-7-3-4-8-14-9-12-15-10-5-1-2-6-11(10)16-12;1-2-6-9-8(4-1)5-3-7-10-9;1-3-4-2/h1-2,5-6,14H,3-4,7-9,13H2,(H,15,16);3,5,7H,1-2,4,6H2;3-4H2,1-2H3. The van der Waals surface area contributed by atoms with Gasteiger partial charge in [-0.15, -0.1) is 0 Å². The Morgan fingerprint density at radius 3 is 2.53 bits per heavy atom. The maximum Gasteiger partial charge on any atom is 0.121 e. The van der Waals surface area contributed by atoms with Crippen LogP contribution in [-0.4, -0.2) is 28.0 Å². The number of nitrogens with zero attached hydrogens (tertiary/aromatic N) is 2. The first-order chi connectivity index (χ1) is 14.8. The number of para-hydroxylation sites is 2. The molecule has 3 aromatic rings. The van der Waals surface area contributed by atoms with Crippen LogP contribution in [-0.2, 0) is 19.4 Å². The summed E-state index contributed by atoms with van der Waals surface area (Å²) in [6.07, 6.45) is 11.8. The number of hydrogen-bond acceptors (Lipinski definition) is 4. The molecule has 0 fully saturated rings. The number of nitrogens with two attached hydrogens (primary N) is 1. The largest absolute Gasteiger partial charge is 0.341 e. The second-order valence-electron chi connectivity index (χ2n) is 7.69. The van der Waals surface area contributed by atoms with Crippen molar-refractivity contribution in [1.29, 1.82) is 0 Å². The molecule has 2 aromatic heterocycles. The van der Waals surface area contributed by atoms with Gasteiger partial charge in [-0.1, -0.05) is 44.9 Å². The van der Waals surface area contributed by atoms with Crippen molar-refractivity contribution in [2.24, 2.45) is 5.73 Å². The van der Waals surface area contributed by atoms with Crippen LogP contribution in [0.3, 0.4) is 0 Å². The lowest BCUT2D eigenvalue weighted by Crippen LogP contribution is -2.16. The maximum atomic E-state index is 5.43. The first-order valence-electron chi connectivity index (χ1n) is 11.6. The van der Waals surface area contributed by atoms with Crippen LogP contribution in [0.2, 0.25) is 0 Å². The summed E-state index contributed by atoms with van der Waals surface area (Å²) in [6.45, 7) is 6.92. The molecule has 0 unspecified atom stereocenters. The molecule has 1 aromatic carbocycles. The number of fused-ring (bicyclic) bond motifs is 2. The van der Waals surface area contributed by atoms with E-state index in [1.807, 2.05) is 36.5 Å². The van der Waals surface area contributed by atoms with Crippen molar-refractivity contribution in [3.05, 3.63) is 59.7 Å². The van der Waals surface area contributed by atoms with Crippen LogP contribution in [0, 0.1) is 0 Å². The third kappa shape index (κ3) is 8.64. The number of aryl methyl sites for hydroxylation is 2. The molecule has 1 aliphatic rings. The Labute approximate surface area is 181 Å². The Hall–Kier alpha value is -2.24. The molecular formula is C25H39N5. The van der Waals surface area contributed by atoms with Crippen LogP contribution < -0.4 is 11.1 Å². The van der Waals surface area contributed by atoms with Crippen LogP contribution in [0.1, 0.15) is 69.5 Å².